The molecule has 0 radical (unpaired) electrons. The summed E-state index contributed by atoms with van der Waals surface area (Å²) in [7, 11) is 1.83. The molecule has 0 fully saturated rings. The van der Waals surface area contributed by atoms with Gasteiger partial charge in [0, 0.05) is 24.4 Å². The van der Waals surface area contributed by atoms with Crippen LogP contribution in [0, 0.1) is 11.6 Å². The van der Waals surface area contributed by atoms with Gasteiger partial charge in [0.1, 0.15) is 11.6 Å². The second-order valence-corrected chi connectivity index (χ2v) is 6.86. The number of aryl methyl sites for hydroxylation is 1. The Morgan fingerprint density at radius 2 is 1.60 bits per heavy atom. The Labute approximate surface area is 160 Å². The van der Waals surface area contributed by atoms with Crippen molar-refractivity contribution in [2.24, 2.45) is 7.05 Å². The van der Waals surface area contributed by atoms with E-state index in [9.17, 15) is 13.6 Å². The molecule has 0 aliphatic rings. The summed E-state index contributed by atoms with van der Waals surface area (Å²) < 4.78 is 28.5. The number of rotatable bonds is 2. The van der Waals surface area contributed by atoms with Crippen molar-refractivity contribution in [2.75, 3.05) is 0 Å². The molecule has 130 valence electrons. The fourth-order valence-electron chi connectivity index (χ4n) is 2.03. The lowest BCUT2D eigenvalue weighted by Gasteiger charge is -2.02. The molecule has 0 saturated carbocycles. The number of hydrogen-bond acceptors (Lipinski definition) is 2. The highest BCUT2D eigenvalue weighted by molar-refractivity contribution is 9.10. The molecule has 1 heterocycles. The largest absolute Gasteiger partial charge is 0.295 e. The van der Waals surface area contributed by atoms with Crippen LogP contribution < -0.4 is 0 Å². The van der Waals surface area contributed by atoms with E-state index < -0.39 is 5.82 Å². The van der Waals surface area contributed by atoms with Gasteiger partial charge in [-0.3, -0.25) is 9.48 Å². The molecule has 3 rings (SSSR count). The molecule has 0 unspecified atom stereocenters. The zero-order valence-corrected chi connectivity index (χ0v) is 16.6. The number of carbonyl (C=O) groups excluding carboxylic acids is 1. The fourth-order valence-corrected chi connectivity index (χ4v) is 2.52. The SMILES string of the molecule is CC(=O)c1ccc(Br)c(F)c1.Cn1nccc1-c1ccc(Br)c(F)c1. The van der Waals surface area contributed by atoms with E-state index in [0.29, 0.717) is 14.5 Å². The van der Waals surface area contributed by atoms with Crippen molar-refractivity contribution in [3.8, 4) is 11.3 Å². The number of Topliss-reactive ketones (excluding diaryl/α,β-unsaturated/α-hetero) is 1. The van der Waals surface area contributed by atoms with E-state index in [2.05, 4.69) is 37.0 Å². The van der Waals surface area contributed by atoms with Gasteiger partial charge in [0.2, 0.25) is 0 Å². The van der Waals surface area contributed by atoms with Crippen molar-refractivity contribution in [1.29, 1.82) is 0 Å². The van der Waals surface area contributed by atoms with Crippen LogP contribution in [-0.2, 0) is 7.05 Å². The molecule has 0 aliphatic carbocycles. The first kappa shape index (κ1) is 19.5. The van der Waals surface area contributed by atoms with Gasteiger partial charge in [-0.15, -0.1) is 0 Å². The number of nitrogens with zero attached hydrogens (tertiary/aromatic N) is 2. The Kier molecular flexibility index (Phi) is 6.61. The summed E-state index contributed by atoms with van der Waals surface area (Å²) in [6.45, 7) is 1.41. The Bertz CT molecular complexity index is 910. The molecule has 0 spiro atoms. The molecule has 1 aromatic heterocycles. The Hall–Kier alpha value is -1.86. The van der Waals surface area contributed by atoms with Crippen LogP contribution in [0.2, 0.25) is 0 Å². The van der Waals surface area contributed by atoms with E-state index >= 15 is 0 Å². The van der Waals surface area contributed by atoms with E-state index in [1.807, 2.05) is 19.2 Å². The van der Waals surface area contributed by atoms with E-state index in [1.54, 1.807) is 23.0 Å². The summed E-state index contributed by atoms with van der Waals surface area (Å²) >= 11 is 6.11. The Morgan fingerprint density at radius 1 is 1.00 bits per heavy atom. The first-order chi connectivity index (χ1) is 11.8. The molecule has 0 N–H and O–H groups in total. The number of carbonyl (C=O) groups is 1. The van der Waals surface area contributed by atoms with Crippen LogP contribution in [0.4, 0.5) is 8.78 Å². The molecule has 25 heavy (non-hydrogen) atoms. The van der Waals surface area contributed by atoms with E-state index in [0.717, 1.165) is 11.3 Å². The molecule has 2 aromatic carbocycles. The first-order valence-corrected chi connectivity index (χ1v) is 8.77. The molecule has 3 aromatic rings. The van der Waals surface area contributed by atoms with Crippen LogP contribution in [-0.4, -0.2) is 15.6 Å². The normalized spacial score (nSPS) is 10.2. The van der Waals surface area contributed by atoms with Gasteiger partial charge in [-0.05, 0) is 69.1 Å². The van der Waals surface area contributed by atoms with Crippen LogP contribution in [0.25, 0.3) is 11.3 Å². The van der Waals surface area contributed by atoms with Gasteiger partial charge in [-0.25, -0.2) is 8.78 Å². The maximum Gasteiger partial charge on any atom is 0.159 e. The van der Waals surface area contributed by atoms with Crippen molar-refractivity contribution >= 4 is 37.6 Å². The number of ketones is 1. The zero-order chi connectivity index (χ0) is 18.6. The quantitative estimate of drug-likeness (QED) is 0.444. The third kappa shape index (κ3) is 5.06. The van der Waals surface area contributed by atoms with Crippen LogP contribution in [0.3, 0.4) is 0 Å². The van der Waals surface area contributed by atoms with Gasteiger partial charge in [0.15, 0.2) is 5.78 Å². The number of benzene rings is 2. The molecule has 0 bridgehead atoms. The van der Waals surface area contributed by atoms with Crippen molar-refractivity contribution in [3.05, 3.63) is 74.8 Å². The van der Waals surface area contributed by atoms with Gasteiger partial charge in [-0.1, -0.05) is 12.1 Å². The van der Waals surface area contributed by atoms with Gasteiger partial charge in [0.05, 0.1) is 14.6 Å². The lowest BCUT2D eigenvalue weighted by Crippen LogP contribution is -1.93. The summed E-state index contributed by atoms with van der Waals surface area (Å²) in [5.74, 6) is -0.794. The molecule has 0 atom stereocenters. The highest BCUT2D eigenvalue weighted by atomic mass is 79.9. The highest BCUT2D eigenvalue weighted by Gasteiger charge is 2.05. The van der Waals surface area contributed by atoms with Crippen molar-refractivity contribution in [1.82, 2.24) is 9.78 Å². The lowest BCUT2D eigenvalue weighted by atomic mass is 10.1. The molecule has 0 aliphatic heterocycles. The average Bonchev–Trinajstić information content (AvgIpc) is 2.99. The molecule has 7 heteroatoms. The highest BCUT2D eigenvalue weighted by Crippen LogP contribution is 2.23. The zero-order valence-electron chi connectivity index (χ0n) is 13.4. The standard InChI is InChI=1S/C10H8BrFN2.C8H6BrFO/c1-14-10(4-5-13-14)7-2-3-8(11)9(12)6-7;1-5(11)6-2-3-7(9)8(10)4-6/h2-6H,1H3;2-4H,1H3. The van der Waals surface area contributed by atoms with Crippen LogP contribution in [0.1, 0.15) is 17.3 Å². The van der Waals surface area contributed by atoms with E-state index in [-0.39, 0.29) is 11.6 Å². The number of aromatic nitrogens is 2. The predicted molar refractivity (Wildman–Crippen MR) is 100 cm³/mol. The predicted octanol–water partition coefficient (Wildman–Crippen LogP) is 5.78. The summed E-state index contributed by atoms with van der Waals surface area (Å²) in [5, 5.41) is 4.03. The minimum absolute atomic E-state index is 0.128. The summed E-state index contributed by atoms with van der Waals surface area (Å²) in [6, 6.07) is 11.2. The fraction of sp³-hybridized carbons (Fsp3) is 0.111. The maximum absolute atomic E-state index is 13.2. The van der Waals surface area contributed by atoms with Gasteiger partial charge in [-0.2, -0.15) is 5.10 Å². The smallest absolute Gasteiger partial charge is 0.159 e. The van der Waals surface area contributed by atoms with Crippen LogP contribution in [0.15, 0.2) is 57.6 Å². The van der Waals surface area contributed by atoms with Gasteiger partial charge >= 0.3 is 0 Å². The van der Waals surface area contributed by atoms with Crippen molar-refractivity contribution in [2.45, 2.75) is 6.92 Å². The van der Waals surface area contributed by atoms with Crippen LogP contribution >= 0.6 is 31.9 Å². The minimum atomic E-state index is -0.405. The minimum Gasteiger partial charge on any atom is -0.295 e. The topological polar surface area (TPSA) is 34.9 Å². The van der Waals surface area contributed by atoms with Gasteiger partial charge in [0.25, 0.3) is 0 Å². The molecular formula is C18H14Br2F2N2O. The molecule has 0 amide bonds. The van der Waals surface area contributed by atoms with Crippen molar-refractivity contribution < 1.29 is 13.6 Å². The third-order valence-electron chi connectivity index (χ3n) is 3.36. The Morgan fingerprint density at radius 3 is 2.08 bits per heavy atom. The van der Waals surface area contributed by atoms with E-state index in [1.165, 1.54) is 25.1 Å². The molecule has 0 saturated heterocycles. The second kappa shape index (κ2) is 8.49. The molecular weight excluding hydrogens is 458 g/mol. The first-order valence-electron chi connectivity index (χ1n) is 7.19. The number of halogens is 4. The maximum atomic E-state index is 13.2. The summed E-state index contributed by atoms with van der Waals surface area (Å²) in [4.78, 5) is 10.7. The van der Waals surface area contributed by atoms with Crippen molar-refractivity contribution in [3.63, 3.8) is 0 Å². The third-order valence-corrected chi connectivity index (χ3v) is 4.65. The average molecular weight is 472 g/mol. The van der Waals surface area contributed by atoms with Gasteiger partial charge < -0.3 is 0 Å². The number of hydrogen-bond donors (Lipinski definition) is 0. The lowest BCUT2D eigenvalue weighted by molar-refractivity contribution is 0.101. The summed E-state index contributed by atoms with van der Waals surface area (Å²) in [6.07, 6.45) is 1.69. The molecule has 3 nitrogen and oxygen atoms in total. The summed E-state index contributed by atoms with van der Waals surface area (Å²) in [5.41, 5.74) is 2.12. The van der Waals surface area contributed by atoms with E-state index in [4.69, 9.17) is 0 Å². The van der Waals surface area contributed by atoms with Crippen LogP contribution in [0.5, 0.6) is 0 Å². The Balaban J connectivity index is 0.000000186. The second-order valence-electron chi connectivity index (χ2n) is 5.15. The monoisotopic (exact) mass is 470 g/mol.